The molecule has 4 heteroatoms. The number of anilines is 1. The summed E-state index contributed by atoms with van der Waals surface area (Å²) < 4.78 is 0. The van der Waals surface area contributed by atoms with E-state index in [4.69, 9.17) is 17.3 Å². The first-order valence-corrected chi connectivity index (χ1v) is 3.83. The highest BCUT2D eigenvalue weighted by atomic mass is 35.5. The van der Waals surface area contributed by atoms with E-state index in [1.165, 1.54) is 0 Å². The zero-order chi connectivity index (χ0) is 8.27. The Morgan fingerprint density at radius 1 is 1.73 bits per heavy atom. The van der Waals surface area contributed by atoms with Crippen LogP contribution in [0.15, 0.2) is 12.3 Å². The van der Waals surface area contributed by atoms with Crippen molar-refractivity contribution in [3.63, 3.8) is 0 Å². The van der Waals surface area contributed by atoms with Crippen molar-refractivity contribution in [1.29, 1.82) is 0 Å². The van der Waals surface area contributed by atoms with Crippen molar-refractivity contribution >= 4 is 17.4 Å². The first kappa shape index (κ1) is 8.27. The molecule has 0 saturated heterocycles. The van der Waals surface area contributed by atoms with Gasteiger partial charge >= 0.3 is 0 Å². The number of nitrogens with two attached hydrogens (primary N) is 1. The minimum atomic E-state index is 0.0526. The van der Waals surface area contributed by atoms with Crippen molar-refractivity contribution in [1.82, 2.24) is 9.97 Å². The monoisotopic (exact) mass is 171 g/mol. The highest BCUT2D eigenvalue weighted by Crippen LogP contribution is 2.03. The summed E-state index contributed by atoms with van der Waals surface area (Å²) >= 11 is 5.74. The largest absolute Gasteiger partial charge is 0.384 e. The van der Waals surface area contributed by atoms with Crippen LogP contribution in [0.4, 0.5) is 5.82 Å². The van der Waals surface area contributed by atoms with Crippen LogP contribution in [-0.4, -0.2) is 15.3 Å². The molecular weight excluding hydrogens is 162 g/mol. The van der Waals surface area contributed by atoms with Gasteiger partial charge < -0.3 is 5.73 Å². The number of aromatic nitrogens is 2. The molecule has 0 aliphatic heterocycles. The van der Waals surface area contributed by atoms with Gasteiger partial charge in [-0.2, -0.15) is 0 Å². The highest BCUT2D eigenvalue weighted by Gasteiger charge is 2.01. The van der Waals surface area contributed by atoms with Crippen LogP contribution in [0.25, 0.3) is 0 Å². The smallest absolute Gasteiger partial charge is 0.132 e. The predicted molar refractivity (Wildman–Crippen MR) is 45.5 cm³/mol. The molecule has 0 spiro atoms. The molecule has 0 saturated carbocycles. The summed E-state index contributed by atoms with van der Waals surface area (Å²) in [6.07, 6.45) is 2.30. The average molecular weight is 172 g/mol. The normalized spacial score (nSPS) is 12.9. The van der Waals surface area contributed by atoms with Gasteiger partial charge in [0.2, 0.25) is 0 Å². The van der Waals surface area contributed by atoms with Crippen LogP contribution in [0.5, 0.6) is 0 Å². The summed E-state index contributed by atoms with van der Waals surface area (Å²) in [7, 11) is 0. The van der Waals surface area contributed by atoms with E-state index in [9.17, 15) is 0 Å². The number of nitrogens with zero attached hydrogens (tertiary/aromatic N) is 2. The molecule has 1 aromatic heterocycles. The van der Waals surface area contributed by atoms with Gasteiger partial charge in [-0.1, -0.05) is 0 Å². The van der Waals surface area contributed by atoms with Gasteiger partial charge in [0.1, 0.15) is 11.6 Å². The van der Waals surface area contributed by atoms with Crippen LogP contribution in [0.3, 0.4) is 0 Å². The van der Waals surface area contributed by atoms with Crippen LogP contribution < -0.4 is 5.73 Å². The lowest BCUT2D eigenvalue weighted by Gasteiger charge is -2.00. The third-order valence-corrected chi connectivity index (χ3v) is 1.35. The van der Waals surface area contributed by atoms with E-state index < -0.39 is 0 Å². The maximum atomic E-state index is 5.74. The van der Waals surface area contributed by atoms with E-state index in [1.54, 1.807) is 12.3 Å². The fraction of sp³-hybridized carbons (Fsp3) is 0.429. The average Bonchev–Trinajstić information content (AvgIpc) is 1.85. The van der Waals surface area contributed by atoms with E-state index in [0.29, 0.717) is 18.1 Å². The van der Waals surface area contributed by atoms with Crippen molar-refractivity contribution in [2.75, 3.05) is 5.73 Å². The zero-order valence-corrected chi connectivity index (χ0v) is 7.04. The summed E-state index contributed by atoms with van der Waals surface area (Å²) in [6, 6.07) is 1.66. The third kappa shape index (κ3) is 2.72. The Hall–Kier alpha value is -0.830. The molecule has 0 bridgehead atoms. The standard InChI is InChI=1S/C7H10ClN3/c1-5(8)4-7-10-3-2-6(9)11-7/h2-3,5H,4H2,1H3,(H2,9,10,11). The Balaban J connectivity index is 2.71. The Morgan fingerprint density at radius 3 is 3.00 bits per heavy atom. The number of alkyl halides is 1. The maximum absolute atomic E-state index is 5.74. The molecule has 1 atom stereocenters. The molecule has 11 heavy (non-hydrogen) atoms. The van der Waals surface area contributed by atoms with Crippen LogP contribution in [0.1, 0.15) is 12.7 Å². The Kier molecular flexibility index (Phi) is 2.65. The molecule has 0 aliphatic carbocycles. The minimum absolute atomic E-state index is 0.0526. The molecule has 1 heterocycles. The van der Waals surface area contributed by atoms with Crippen molar-refractivity contribution in [2.45, 2.75) is 18.7 Å². The van der Waals surface area contributed by atoms with E-state index >= 15 is 0 Å². The van der Waals surface area contributed by atoms with Crippen molar-refractivity contribution in [2.24, 2.45) is 0 Å². The molecule has 2 N–H and O–H groups in total. The SMILES string of the molecule is CC(Cl)Cc1nccc(N)n1. The fourth-order valence-electron chi connectivity index (χ4n) is 0.765. The van der Waals surface area contributed by atoms with E-state index in [-0.39, 0.29) is 5.38 Å². The molecule has 60 valence electrons. The van der Waals surface area contributed by atoms with Gasteiger partial charge in [0.25, 0.3) is 0 Å². The summed E-state index contributed by atoms with van der Waals surface area (Å²) in [4.78, 5) is 8.00. The molecule has 0 aromatic carbocycles. The second kappa shape index (κ2) is 3.53. The lowest BCUT2D eigenvalue weighted by Crippen LogP contribution is -2.04. The third-order valence-electron chi connectivity index (χ3n) is 1.19. The lowest BCUT2D eigenvalue weighted by molar-refractivity contribution is 0.844. The molecule has 0 radical (unpaired) electrons. The number of hydrogen-bond donors (Lipinski definition) is 1. The number of rotatable bonds is 2. The second-order valence-electron chi connectivity index (χ2n) is 2.38. The zero-order valence-electron chi connectivity index (χ0n) is 6.29. The molecule has 1 unspecified atom stereocenters. The first-order valence-electron chi connectivity index (χ1n) is 3.40. The maximum Gasteiger partial charge on any atom is 0.132 e. The van der Waals surface area contributed by atoms with Gasteiger partial charge in [-0.05, 0) is 13.0 Å². The Morgan fingerprint density at radius 2 is 2.45 bits per heavy atom. The molecule has 0 aliphatic rings. The van der Waals surface area contributed by atoms with Crippen LogP contribution in [-0.2, 0) is 6.42 Å². The summed E-state index contributed by atoms with van der Waals surface area (Å²) in [5.41, 5.74) is 5.44. The molecule has 1 aromatic rings. The van der Waals surface area contributed by atoms with Gasteiger partial charge in [-0.15, -0.1) is 11.6 Å². The molecule has 1 rings (SSSR count). The van der Waals surface area contributed by atoms with E-state index in [1.807, 2.05) is 6.92 Å². The van der Waals surface area contributed by atoms with Crippen LogP contribution in [0.2, 0.25) is 0 Å². The highest BCUT2D eigenvalue weighted by molar-refractivity contribution is 6.20. The topological polar surface area (TPSA) is 51.8 Å². The van der Waals surface area contributed by atoms with Crippen molar-refractivity contribution in [3.8, 4) is 0 Å². The minimum Gasteiger partial charge on any atom is -0.384 e. The molecule has 0 amide bonds. The van der Waals surface area contributed by atoms with Gasteiger partial charge in [-0.3, -0.25) is 0 Å². The van der Waals surface area contributed by atoms with Gasteiger partial charge in [-0.25, -0.2) is 9.97 Å². The summed E-state index contributed by atoms with van der Waals surface area (Å²) in [5.74, 6) is 1.19. The molecule has 3 nitrogen and oxygen atoms in total. The van der Waals surface area contributed by atoms with Gasteiger partial charge in [0.05, 0.1) is 0 Å². The van der Waals surface area contributed by atoms with Crippen LogP contribution >= 0.6 is 11.6 Å². The lowest BCUT2D eigenvalue weighted by atomic mass is 10.3. The van der Waals surface area contributed by atoms with Gasteiger partial charge in [0, 0.05) is 18.0 Å². The van der Waals surface area contributed by atoms with Gasteiger partial charge in [0.15, 0.2) is 0 Å². The summed E-state index contributed by atoms with van der Waals surface area (Å²) in [5, 5.41) is 0.0526. The van der Waals surface area contributed by atoms with E-state index in [2.05, 4.69) is 9.97 Å². The first-order chi connectivity index (χ1) is 5.18. The molecule has 0 fully saturated rings. The number of hydrogen-bond acceptors (Lipinski definition) is 3. The second-order valence-corrected chi connectivity index (χ2v) is 3.13. The van der Waals surface area contributed by atoms with E-state index in [0.717, 1.165) is 0 Å². The van der Waals surface area contributed by atoms with Crippen LogP contribution in [0, 0.1) is 0 Å². The molecular formula is C7H10ClN3. The Bertz CT molecular complexity index is 237. The number of nitrogen functional groups attached to an aromatic ring is 1. The quantitative estimate of drug-likeness (QED) is 0.681. The van der Waals surface area contributed by atoms with Crippen molar-refractivity contribution in [3.05, 3.63) is 18.1 Å². The van der Waals surface area contributed by atoms with Crippen molar-refractivity contribution < 1.29 is 0 Å². The Labute approximate surface area is 70.6 Å². The predicted octanol–water partition coefficient (Wildman–Crippen LogP) is 1.23. The summed E-state index contributed by atoms with van der Waals surface area (Å²) in [6.45, 7) is 1.90. The fourth-order valence-corrected chi connectivity index (χ4v) is 0.903. The number of halogens is 1.